The highest BCUT2D eigenvalue weighted by Gasteiger charge is 2.20. The van der Waals surface area contributed by atoms with Gasteiger partial charge >= 0.3 is 0 Å². The molecular formula is C11H15N3. The molecule has 3 nitrogen and oxygen atoms in total. The van der Waals surface area contributed by atoms with E-state index in [9.17, 15) is 0 Å². The molecule has 0 fully saturated rings. The number of amidine groups is 1. The summed E-state index contributed by atoms with van der Waals surface area (Å²) >= 11 is 0. The van der Waals surface area contributed by atoms with Gasteiger partial charge < -0.3 is 5.73 Å². The van der Waals surface area contributed by atoms with Crippen molar-refractivity contribution in [2.75, 3.05) is 11.6 Å². The summed E-state index contributed by atoms with van der Waals surface area (Å²) < 4.78 is 0. The molecule has 2 N–H and O–H groups in total. The van der Waals surface area contributed by atoms with Gasteiger partial charge in [0.2, 0.25) is 0 Å². The van der Waals surface area contributed by atoms with E-state index in [1.54, 1.807) is 0 Å². The van der Waals surface area contributed by atoms with Crippen LogP contribution in [0.2, 0.25) is 0 Å². The fourth-order valence-electron chi connectivity index (χ4n) is 1.51. The summed E-state index contributed by atoms with van der Waals surface area (Å²) in [5, 5.41) is 6.25. The van der Waals surface area contributed by atoms with Crippen LogP contribution >= 0.6 is 0 Å². The lowest BCUT2D eigenvalue weighted by atomic mass is 10.1. The third-order valence-corrected chi connectivity index (χ3v) is 2.52. The van der Waals surface area contributed by atoms with E-state index >= 15 is 0 Å². The van der Waals surface area contributed by atoms with E-state index in [0.29, 0.717) is 5.92 Å². The van der Waals surface area contributed by atoms with Crippen LogP contribution in [0.3, 0.4) is 0 Å². The van der Waals surface area contributed by atoms with Crippen LogP contribution in [-0.4, -0.2) is 12.4 Å². The maximum atomic E-state index is 5.74. The molecule has 0 bridgehead atoms. The van der Waals surface area contributed by atoms with Crippen molar-refractivity contribution >= 4 is 11.5 Å². The van der Waals surface area contributed by atoms with Gasteiger partial charge in [-0.25, -0.2) is 0 Å². The van der Waals surface area contributed by atoms with Gasteiger partial charge in [0, 0.05) is 5.92 Å². The zero-order valence-corrected chi connectivity index (χ0v) is 8.57. The van der Waals surface area contributed by atoms with Crippen LogP contribution in [0.4, 0.5) is 5.69 Å². The number of rotatable bonds is 1. The quantitative estimate of drug-likeness (QED) is 0.731. The van der Waals surface area contributed by atoms with E-state index in [1.807, 2.05) is 5.01 Å². The summed E-state index contributed by atoms with van der Waals surface area (Å²) in [6.07, 6.45) is 0. The van der Waals surface area contributed by atoms with Gasteiger partial charge in [0.1, 0.15) is 5.84 Å². The van der Waals surface area contributed by atoms with Gasteiger partial charge in [-0.2, -0.15) is 5.10 Å². The summed E-state index contributed by atoms with van der Waals surface area (Å²) in [4.78, 5) is 0. The number of hydrogen-bond acceptors (Lipinski definition) is 3. The van der Waals surface area contributed by atoms with E-state index in [2.05, 4.69) is 43.2 Å². The number of hydrazone groups is 1. The fraction of sp³-hybridized carbons (Fsp3) is 0.364. The lowest BCUT2D eigenvalue weighted by Crippen LogP contribution is -2.20. The zero-order valence-electron chi connectivity index (χ0n) is 8.57. The lowest BCUT2D eigenvalue weighted by molar-refractivity contribution is 0.773. The third kappa shape index (κ3) is 1.58. The van der Waals surface area contributed by atoms with Gasteiger partial charge in [0.15, 0.2) is 0 Å². The minimum absolute atomic E-state index is 0.358. The first kappa shape index (κ1) is 9.06. The first-order valence-corrected chi connectivity index (χ1v) is 4.85. The highest BCUT2D eigenvalue weighted by Crippen LogP contribution is 2.20. The molecule has 0 aliphatic carbocycles. The third-order valence-electron chi connectivity index (χ3n) is 2.52. The number of hydrogen-bond donors (Lipinski definition) is 1. The highest BCUT2D eigenvalue weighted by atomic mass is 15.5. The number of benzene rings is 1. The van der Waals surface area contributed by atoms with Crippen LogP contribution in [0, 0.1) is 12.8 Å². The summed E-state index contributed by atoms with van der Waals surface area (Å²) in [6.45, 7) is 5.05. The van der Waals surface area contributed by atoms with Crippen LogP contribution < -0.4 is 10.7 Å². The summed E-state index contributed by atoms with van der Waals surface area (Å²) in [5.74, 6) is 1.09. The molecule has 0 amide bonds. The predicted octanol–water partition coefficient (Wildman–Crippen LogP) is 1.72. The van der Waals surface area contributed by atoms with Crippen LogP contribution in [-0.2, 0) is 0 Å². The predicted molar refractivity (Wildman–Crippen MR) is 59.3 cm³/mol. The van der Waals surface area contributed by atoms with E-state index in [0.717, 1.165) is 18.1 Å². The Kier molecular flexibility index (Phi) is 2.15. The van der Waals surface area contributed by atoms with Gasteiger partial charge in [-0.05, 0) is 19.1 Å². The van der Waals surface area contributed by atoms with Crippen molar-refractivity contribution in [3.05, 3.63) is 29.8 Å². The van der Waals surface area contributed by atoms with Crippen molar-refractivity contribution in [2.45, 2.75) is 13.8 Å². The molecule has 0 aromatic heterocycles. The van der Waals surface area contributed by atoms with Crippen molar-refractivity contribution in [1.82, 2.24) is 0 Å². The standard InChI is InChI=1S/C11H15N3/c1-8-3-5-10(6-4-8)14-7-9(2)11(12)13-14/h3-6,9H,7H2,1-2H3,(H2,12,13). The topological polar surface area (TPSA) is 41.6 Å². The Morgan fingerprint density at radius 3 is 2.50 bits per heavy atom. The number of aryl methyl sites for hydroxylation is 1. The minimum Gasteiger partial charge on any atom is -0.385 e. The molecular weight excluding hydrogens is 174 g/mol. The van der Waals surface area contributed by atoms with Gasteiger partial charge in [0.05, 0.1) is 12.2 Å². The van der Waals surface area contributed by atoms with Gasteiger partial charge in [-0.15, -0.1) is 0 Å². The Hall–Kier alpha value is -1.51. The molecule has 1 aromatic carbocycles. The maximum absolute atomic E-state index is 5.74. The molecule has 0 saturated heterocycles. The Morgan fingerprint density at radius 2 is 2.00 bits per heavy atom. The number of nitrogens with two attached hydrogens (primary N) is 1. The van der Waals surface area contributed by atoms with Crippen LogP contribution in [0.1, 0.15) is 12.5 Å². The van der Waals surface area contributed by atoms with Crippen molar-refractivity contribution < 1.29 is 0 Å². The average Bonchev–Trinajstić information content (AvgIpc) is 2.48. The van der Waals surface area contributed by atoms with E-state index in [1.165, 1.54) is 5.56 Å². The maximum Gasteiger partial charge on any atom is 0.124 e. The van der Waals surface area contributed by atoms with Gasteiger partial charge in [0.25, 0.3) is 0 Å². The normalized spacial score (nSPS) is 21.1. The molecule has 74 valence electrons. The van der Waals surface area contributed by atoms with Crippen molar-refractivity contribution in [3.63, 3.8) is 0 Å². The molecule has 3 heteroatoms. The summed E-state index contributed by atoms with van der Waals surface area (Å²) in [5.41, 5.74) is 8.12. The molecule has 0 radical (unpaired) electrons. The second-order valence-electron chi connectivity index (χ2n) is 3.84. The van der Waals surface area contributed by atoms with Gasteiger partial charge in [-0.1, -0.05) is 24.6 Å². The van der Waals surface area contributed by atoms with E-state index < -0.39 is 0 Å². The molecule has 0 spiro atoms. The van der Waals surface area contributed by atoms with Crippen molar-refractivity contribution in [2.24, 2.45) is 16.8 Å². The zero-order chi connectivity index (χ0) is 10.1. The molecule has 14 heavy (non-hydrogen) atoms. The Labute approximate surface area is 84.2 Å². The van der Waals surface area contributed by atoms with E-state index in [4.69, 9.17) is 5.73 Å². The van der Waals surface area contributed by atoms with E-state index in [-0.39, 0.29) is 0 Å². The fourth-order valence-corrected chi connectivity index (χ4v) is 1.51. The Morgan fingerprint density at radius 1 is 1.36 bits per heavy atom. The average molecular weight is 189 g/mol. The first-order chi connectivity index (χ1) is 6.66. The molecule has 1 unspecified atom stereocenters. The molecule has 0 saturated carbocycles. The second-order valence-corrected chi connectivity index (χ2v) is 3.84. The molecule has 1 aliphatic rings. The Bertz CT molecular complexity index is 353. The molecule has 2 rings (SSSR count). The van der Waals surface area contributed by atoms with Crippen LogP contribution in [0.5, 0.6) is 0 Å². The number of anilines is 1. The first-order valence-electron chi connectivity index (χ1n) is 4.85. The molecule has 1 aromatic rings. The molecule has 1 heterocycles. The van der Waals surface area contributed by atoms with Crippen LogP contribution in [0.15, 0.2) is 29.4 Å². The monoisotopic (exact) mass is 189 g/mol. The van der Waals surface area contributed by atoms with Crippen molar-refractivity contribution in [3.8, 4) is 0 Å². The minimum atomic E-state index is 0.358. The van der Waals surface area contributed by atoms with Gasteiger partial charge in [-0.3, -0.25) is 5.01 Å². The smallest absolute Gasteiger partial charge is 0.124 e. The summed E-state index contributed by atoms with van der Waals surface area (Å²) in [6, 6.07) is 8.32. The Balaban J connectivity index is 2.22. The second kappa shape index (κ2) is 3.33. The highest BCUT2D eigenvalue weighted by molar-refractivity contribution is 5.86. The van der Waals surface area contributed by atoms with Crippen LogP contribution in [0.25, 0.3) is 0 Å². The SMILES string of the molecule is Cc1ccc(N2CC(C)C(N)=N2)cc1. The molecule has 1 aliphatic heterocycles. The lowest BCUT2D eigenvalue weighted by Gasteiger charge is -2.14. The number of nitrogens with zero attached hydrogens (tertiary/aromatic N) is 2. The van der Waals surface area contributed by atoms with Crippen molar-refractivity contribution in [1.29, 1.82) is 0 Å². The summed E-state index contributed by atoms with van der Waals surface area (Å²) in [7, 11) is 0. The largest absolute Gasteiger partial charge is 0.385 e. The molecule has 1 atom stereocenters.